The molecular weight excluding hydrogens is 721 g/mol. The van der Waals surface area contributed by atoms with Crippen molar-refractivity contribution in [1.82, 2.24) is 0 Å². The highest BCUT2D eigenvalue weighted by molar-refractivity contribution is 7.47. The lowest BCUT2D eigenvalue weighted by Gasteiger charge is -2.20. The highest BCUT2D eigenvalue weighted by Crippen LogP contribution is 2.43. The molecule has 0 bridgehead atoms. The Labute approximate surface area is 332 Å². The number of rotatable bonds is 38. The van der Waals surface area contributed by atoms with Gasteiger partial charge in [-0.1, -0.05) is 132 Å². The number of ether oxygens (including phenoxy) is 2. The summed E-state index contributed by atoms with van der Waals surface area (Å²) in [5.41, 5.74) is 5.32. The summed E-state index contributed by atoms with van der Waals surface area (Å²) in [6.07, 6.45) is 42.8. The van der Waals surface area contributed by atoms with Gasteiger partial charge in [-0.25, -0.2) is 4.57 Å². The van der Waals surface area contributed by atoms with Gasteiger partial charge in [-0.3, -0.25) is 23.4 Å². The van der Waals surface area contributed by atoms with Gasteiger partial charge in [0.1, 0.15) is 12.6 Å². The molecule has 0 aromatic rings. The van der Waals surface area contributed by atoms with Crippen molar-refractivity contribution >= 4 is 25.7 Å². The normalized spacial score (nSPS) is 14.4. The van der Waals surface area contributed by atoms with Gasteiger partial charge in [0.05, 0.1) is 13.2 Å². The summed E-state index contributed by atoms with van der Waals surface area (Å²) in [7, 11) is -4.72. The number of phosphoric ester groups is 1. The van der Waals surface area contributed by atoms with Crippen LogP contribution in [-0.2, 0) is 37.5 Å². The van der Waals surface area contributed by atoms with E-state index in [9.17, 15) is 23.8 Å². The SMILES string of the molecule is CC/C=C\C/C=C\C/C=C\C/C=C\CCCCCCC(=O)OC(COC(=O)CCCCCCC/C=C\CCCCCCC)COP(=O)(O)OCC(N)C(=O)O. The molecule has 0 amide bonds. The molecule has 0 spiro atoms. The van der Waals surface area contributed by atoms with Crippen molar-refractivity contribution < 1.29 is 47.5 Å². The van der Waals surface area contributed by atoms with Crippen LogP contribution in [0.3, 0.4) is 0 Å². The van der Waals surface area contributed by atoms with Gasteiger partial charge in [0.15, 0.2) is 6.10 Å². The summed E-state index contributed by atoms with van der Waals surface area (Å²) in [6, 6.07) is -1.53. The summed E-state index contributed by atoms with van der Waals surface area (Å²) in [6.45, 7) is 2.63. The molecule has 0 aromatic heterocycles. The van der Waals surface area contributed by atoms with E-state index in [1.54, 1.807) is 0 Å². The molecule has 0 heterocycles. The molecule has 0 saturated carbocycles. The van der Waals surface area contributed by atoms with Gasteiger partial charge in [-0.15, -0.1) is 0 Å². The second-order valence-corrected chi connectivity index (χ2v) is 15.2. The van der Waals surface area contributed by atoms with Gasteiger partial charge in [-0.2, -0.15) is 0 Å². The van der Waals surface area contributed by atoms with E-state index in [0.29, 0.717) is 12.8 Å². The third kappa shape index (κ3) is 37.9. The Hall–Kier alpha value is -2.82. The van der Waals surface area contributed by atoms with Crippen molar-refractivity contribution in [3.63, 3.8) is 0 Å². The van der Waals surface area contributed by atoms with Crippen molar-refractivity contribution in [1.29, 1.82) is 0 Å². The number of aliphatic carboxylic acids is 1. The fourth-order valence-corrected chi connectivity index (χ4v) is 6.00. The van der Waals surface area contributed by atoms with Crippen molar-refractivity contribution in [2.45, 2.75) is 174 Å². The summed E-state index contributed by atoms with van der Waals surface area (Å²) in [5.74, 6) is -2.43. The molecule has 0 aromatic carbocycles. The standard InChI is InChI=1S/C43H74NO10P/c1-3-5-7-9-11-13-15-17-19-20-21-23-25-27-29-31-33-35-42(46)54-39(37-52-55(49,50)53-38-40(44)43(47)48)36-51-41(45)34-32-30-28-26-24-22-18-16-14-12-10-8-6-4-2/h5,7,11,13,16-19,21,23,39-40H,3-4,6,8-10,12,14-15,20,22,24-38,44H2,1-2H3,(H,47,48)(H,49,50)/b7-5-,13-11-,18-16-,19-17-,23-21-. The molecule has 0 rings (SSSR count). The van der Waals surface area contributed by atoms with E-state index < -0.39 is 51.1 Å². The predicted molar refractivity (Wildman–Crippen MR) is 221 cm³/mol. The summed E-state index contributed by atoms with van der Waals surface area (Å²) < 4.78 is 32.6. The maximum atomic E-state index is 12.6. The predicted octanol–water partition coefficient (Wildman–Crippen LogP) is 10.8. The molecule has 316 valence electrons. The first-order valence-corrected chi connectivity index (χ1v) is 22.3. The molecule has 0 radical (unpaired) electrons. The van der Waals surface area contributed by atoms with E-state index in [0.717, 1.165) is 89.9 Å². The van der Waals surface area contributed by atoms with Crippen molar-refractivity contribution in [3.05, 3.63) is 60.8 Å². The van der Waals surface area contributed by atoms with Crippen molar-refractivity contribution in [2.75, 3.05) is 19.8 Å². The third-order valence-electron chi connectivity index (χ3n) is 8.50. The van der Waals surface area contributed by atoms with Crippen LogP contribution in [0.15, 0.2) is 60.8 Å². The first-order valence-electron chi connectivity index (χ1n) is 20.8. The summed E-state index contributed by atoms with van der Waals surface area (Å²) in [5, 5.41) is 8.88. The van der Waals surface area contributed by atoms with Crippen molar-refractivity contribution in [3.8, 4) is 0 Å². The smallest absolute Gasteiger partial charge is 0.472 e. The van der Waals surface area contributed by atoms with Gasteiger partial charge in [-0.05, 0) is 77.0 Å². The Balaban J connectivity index is 4.46. The minimum Gasteiger partial charge on any atom is -0.480 e. The zero-order valence-corrected chi connectivity index (χ0v) is 34.9. The van der Waals surface area contributed by atoms with Gasteiger partial charge in [0.2, 0.25) is 0 Å². The van der Waals surface area contributed by atoms with E-state index in [2.05, 4.69) is 79.1 Å². The van der Waals surface area contributed by atoms with Crippen LogP contribution in [0.25, 0.3) is 0 Å². The molecular formula is C43H74NO10P. The van der Waals surface area contributed by atoms with E-state index >= 15 is 0 Å². The van der Waals surface area contributed by atoms with Crippen LogP contribution in [-0.4, -0.2) is 59.9 Å². The Bertz CT molecular complexity index is 1170. The van der Waals surface area contributed by atoms with Crippen LogP contribution < -0.4 is 5.73 Å². The van der Waals surface area contributed by atoms with Crippen LogP contribution >= 0.6 is 7.82 Å². The van der Waals surface area contributed by atoms with Crippen LogP contribution in [0.5, 0.6) is 0 Å². The number of esters is 2. The average Bonchev–Trinajstić information content (AvgIpc) is 3.16. The number of carboxylic acid groups (broad SMARTS) is 1. The second-order valence-electron chi connectivity index (χ2n) is 13.7. The summed E-state index contributed by atoms with van der Waals surface area (Å²) >= 11 is 0. The number of phosphoric acid groups is 1. The lowest BCUT2D eigenvalue weighted by atomic mass is 10.1. The largest absolute Gasteiger partial charge is 0.480 e. The van der Waals surface area contributed by atoms with Gasteiger partial charge >= 0.3 is 25.7 Å². The number of allylic oxidation sites excluding steroid dienone is 10. The molecule has 12 heteroatoms. The maximum Gasteiger partial charge on any atom is 0.472 e. The van der Waals surface area contributed by atoms with Crippen LogP contribution in [0, 0.1) is 0 Å². The number of nitrogens with two attached hydrogens (primary N) is 1. The third-order valence-corrected chi connectivity index (χ3v) is 9.45. The fraction of sp³-hybridized carbons (Fsp3) is 0.698. The zero-order chi connectivity index (χ0) is 40.7. The van der Waals surface area contributed by atoms with Crippen LogP contribution in [0.2, 0.25) is 0 Å². The number of carbonyl (C=O) groups is 3. The number of hydrogen-bond donors (Lipinski definition) is 3. The highest BCUT2D eigenvalue weighted by Gasteiger charge is 2.28. The monoisotopic (exact) mass is 796 g/mol. The Morgan fingerprint density at radius 1 is 0.582 bits per heavy atom. The number of carboxylic acids is 1. The molecule has 11 nitrogen and oxygen atoms in total. The molecule has 4 N–H and O–H groups in total. The Morgan fingerprint density at radius 3 is 1.55 bits per heavy atom. The molecule has 0 aliphatic carbocycles. The second kappa shape index (κ2) is 38.1. The minimum atomic E-state index is -4.72. The van der Waals surface area contributed by atoms with E-state index in [1.807, 2.05) is 0 Å². The van der Waals surface area contributed by atoms with Crippen molar-refractivity contribution in [2.24, 2.45) is 5.73 Å². The molecule has 3 atom stereocenters. The first kappa shape index (κ1) is 52.2. The Morgan fingerprint density at radius 2 is 1.02 bits per heavy atom. The first-order chi connectivity index (χ1) is 26.6. The quantitative estimate of drug-likeness (QED) is 0.0235. The lowest BCUT2D eigenvalue weighted by molar-refractivity contribution is -0.161. The molecule has 55 heavy (non-hydrogen) atoms. The molecule has 3 unspecified atom stereocenters. The minimum absolute atomic E-state index is 0.129. The highest BCUT2D eigenvalue weighted by atomic mass is 31.2. The van der Waals surface area contributed by atoms with Gasteiger partial charge in [0, 0.05) is 12.8 Å². The van der Waals surface area contributed by atoms with Gasteiger partial charge in [0.25, 0.3) is 0 Å². The molecule has 0 saturated heterocycles. The van der Waals surface area contributed by atoms with E-state index in [1.165, 1.54) is 32.1 Å². The van der Waals surface area contributed by atoms with Crippen LogP contribution in [0.1, 0.15) is 162 Å². The number of unbranched alkanes of at least 4 members (excludes halogenated alkanes) is 14. The fourth-order valence-electron chi connectivity index (χ4n) is 5.23. The van der Waals surface area contributed by atoms with Gasteiger partial charge < -0.3 is 25.2 Å². The summed E-state index contributed by atoms with van der Waals surface area (Å²) in [4.78, 5) is 45.9. The van der Waals surface area contributed by atoms with E-state index in [4.69, 9.17) is 24.8 Å². The molecule has 0 aliphatic heterocycles. The average molecular weight is 796 g/mol. The zero-order valence-electron chi connectivity index (χ0n) is 34.0. The van der Waals surface area contributed by atoms with Crippen LogP contribution in [0.4, 0.5) is 0 Å². The number of hydrogen-bond acceptors (Lipinski definition) is 9. The Kier molecular flexibility index (Phi) is 36.1. The van der Waals surface area contributed by atoms with E-state index in [-0.39, 0.29) is 19.4 Å². The molecule has 0 fully saturated rings. The molecule has 0 aliphatic rings. The lowest BCUT2D eigenvalue weighted by Crippen LogP contribution is -2.34. The number of carbonyl (C=O) groups excluding carboxylic acids is 2. The maximum absolute atomic E-state index is 12.6. The topological polar surface area (TPSA) is 172 Å².